The lowest BCUT2D eigenvalue weighted by atomic mass is 10.2. The first-order valence-electron chi connectivity index (χ1n) is 6.70. The molecule has 0 unspecified atom stereocenters. The van der Waals surface area contributed by atoms with E-state index in [2.05, 4.69) is 0 Å². The number of rotatable bonds is 7. The predicted octanol–water partition coefficient (Wildman–Crippen LogP) is 2.55. The molecule has 0 bridgehead atoms. The van der Waals surface area contributed by atoms with Crippen LogP contribution in [0.4, 0.5) is 5.69 Å². The van der Waals surface area contributed by atoms with Crippen molar-refractivity contribution in [1.29, 1.82) is 0 Å². The van der Waals surface area contributed by atoms with Gasteiger partial charge in [-0.25, -0.2) is 0 Å². The third-order valence-corrected chi connectivity index (χ3v) is 3.33. The second-order valence-electron chi connectivity index (χ2n) is 5.04. The zero-order valence-corrected chi connectivity index (χ0v) is 13.3. The summed E-state index contributed by atoms with van der Waals surface area (Å²) in [6.45, 7) is 3.54. The Balaban J connectivity index is 2.86. The Morgan fingerprint density at radius 3 is 2.57 bits per heavy atom. The fraction of sp³-hybridized carbons (Fsp3) is 0.500. The minimum absolute atomic E-state index is 0.00640. The largest absolute Gasteiger partial charge is 0.348 e. The molecule has 1 aromatic rings. The van der Waals surface area contributed by atoms with Gasteiger partial charge >= 0.3 is 0 Å². The van der Waals surface area contributed by atoms with Crippen molar-refractivity contribution in [1.82, 2.24) is 9.80 Å². The lowest BCUT2D eigenvalue weighted by molar-refractivity contribution is -0.384. The van der Waals surface area contributed by atoms with Crippen molar-refractivity contribution in [2.24, 2.45) is 0 Å². The minimum Gasteiger partial charge on any atom is -0.348 e. The molecule has 0 fully saturated rings. The number of carbonyl (C=O) groups excluding carboxylic acids is 1. The van der Waals surface area contributed by atoms with Crippen LogP contribution in [0.1, 0.15) is 18.9 Å². The van der Waals surface area contributed by atoms with Gasteiger partial charge in [0.15, 0.2) is 0 Å². The van der Waals surface area contributed by atoms with E-state index in [1.807, 2.05) is 11.8 Å². The average molecular weight is 314 g/mol. The number of nitrogens with zero attached hydrogens (tertiary/aromatic N) is 3. The second-order valence-corrected chi connectivity index (χ2v) is 5.45. The summed E-state index contributed by atoms with van der Waals surface area (Å²) in [6, 6.07) is 4.73. The van der Waals surface area contributed by atoms with E-state index in [1.165, 1.54) is 17.0 Å². The van der Waals surface area contributed by atoms with Crippen molar-refractivity contribution >= 4 is 23.2 Å². The maximum absolute atomic E-state index is 11.8. The lowest BCUT2D eigenvalue weighted by Crippen LogP contribution is -2.36. The molecule has 0 aliphatic carbocycles. The maximum atomic E-state index is 11.8. The number of carbonyl (C=O) groups is 1. The normalized spacial score (nSPS) is 10.7. The number of benzene rings is 1. The zero-order valence-electron chi connectivity index (χ0n) is 12.5. The SMILES string of the molecule is CCCN(CC(=O)N(C)C)Cc1ccc(Cl)c([N+](=O)[O-])c1. The molecule has 1 aromatic carbocycles. The van der Waals surface area contributed by atoms with E-state index in [0.29, 0.717) is 6.54 Å². The fourth-order valence-corrected chi connectivity index (χ4v) is 2.10. The number of hydrogen-bond acceptors (Lipinski definition) is 4. The van der Waals surface area contributed by atoms with Crippen LogP contribution in [-0.4, -0.2) is 47.8 Å². The Hall–Kier alpha value is -1.66. The van der Waals surface area contributed by atoms with Crippen LogP contribution in [0, 0.1) is 10.1 Å². The molecule has 1 amide bonds. The molecule has 0 N–H and O–H groups in total. The Kier molecular flexibility index (Phi) is 6.58. The molecular weight excluding hydrogens is 294 g/mol. The van der Waals surface area contributed by atoms with Gasteiger partial charge in [0.1, 0.15) is 5.02 Å². The standard InChI is InChI=1S/C14H20ClN3O3/c1-4-7-17(10-14(19)16(2)3)9-11-5-6-12(15)13(8-11)18(20)21/h5-6,8H,4,7,9-10H2,1-3H3. The minimum atomic E-state index is -0.499. The highest BCUT2D eigenvalue weighted by atomic mass is 35.5. The molecule has 6 nitrogen and oxygen atoms in total. The number of hydrogen-bond donors (Lipinski definition) is 0. The molecule has 0 spiro atoms. The van der Waals surface area contributed by atoms with Crippen LogP contribution in [-0.2, 0) is 11.3 Å². The highest BCUT2D eigenvalue weighted by molar-refractivity contribution is 6.32. The third kappa shape index (κ3) is 5.32. The van der Waals surface area contributed by atoms with Crippen LogP contribution < -0.4 is 0 Å². The Bertz CT molecular complexity index is 520. The first-order valence-corrected chi connectivity index (χ1v) is 7.08. The van der Waals surface area contributed by atoms with E-state index >= 15 is 0 Å². The van der Waals surface area contributed by atoms with Gasteiger partial charge < -0.3 is 4.90 Å². The average Bonchev–Trinajstić information content (AvgIpc) is 2.40. The lowest BCUT2D eigenvalue weighted by Gasteiger charge is -2.23. The molecular formula is C14H20ClN3O3. The summed E-state index contributed by atoms with van der Waals surface area (Å²) in [7, 11) is 3.42. The van der Waals surface area contributed by atoms with Crippen LogP contribution in [0.2, 0.25) is 5.02 Å². The van der Waals surface area contributed by atoms with Gasteiger partial charge in [-0.05, 0) is 24.6 Å². The van der Waals surface area contributed by atoms with E-state index in [4.69, 9.17) is 11.6 Å². The maximum Gasteiger partial charge on any atom is 0.288 e. The Morgan fingerprint density at radius 1 is 1.38 bits per heavy atom. The van der Waals surface area contributed by atoms with Crippen molar-refractivity contribution in [2.45, 2.75) is 19.9 Å². The predicted molar refractivity (Wildman–Crippen MR) is 82.4 cm³/mol. The number of nitro benzene ring substituents is 1. The first-order chi connectivity index (χ1) is 9.85. The number of halogens is 1. The molecule has 0 aliphatic rings. The quantitative estimate of drug-likeness (QED) is 0.573. The molecule has 116 valence electrons. The van der Waals surface area contributed by atoms with Gasteiger partial charge in [0.05, 0.1) is 11.5 Å². The Morgan fingerprint density at radius 2 is 2.05 bits per heavy atom. The summed E-state index contributed by atoms with van der Waals surface area (Å²) in [5, 5.41) is 11.0. The van der Waals surface area contributed by atoms with Crippen LogP contribution in [0.25, 0.3) is 0 Å². The van der Waals surface area contributed by atoms with Gasteiger partial charge in [-0.2, -0.15) is 0 Å². The summed E-state index contributed by atoms with van der Waals surface area (Å²) in [6.07, 6.45) is 0.899. The van der Waals surface area contributed by atoms with Crippen LogP contribution >= 0.6 is 11.6 Å². The van der Waals surface area contributed by atoms with Gasteiger partial charge in [-0.1, -0.05) is 24.6 Å². The van der Waals surface area contributed by atoms with Crippen molar-refractivity contribution < 1.29 is 9.72 Å². The molecule has 21 heavy (non-hydrogen) atoms. The molecule has 0 radical (unpaired) electrons. The van der Waals surface area contributed by atoms with Gasteiger partial charge in [-0.3, -0.25) is 19.8 Å². The van der Waals surface area contributed by atoms with E-state index in [-0.39, 0.29) is 23.2 Å². The van der Waals surface area contributed by atoms with Crippen molar-refractivity contribution in [3.63, 3.8) is 0 Å². The summed E-state index contributed by atoms with van der Waals surface area (Å²) < 4.78 is 0. The van der Waals surface area contributed by atoms with Crippen molar-refractivity contribution in [3.05, 3.63) is 38.9 Å². The van der Waals surface area contributed by atoms with E-state index in [1.54, 1.807) is 20.2 Å². The smallest absolute Gasteiger partial charge is 0.288 e. The van der Waals surface area contributed by atoms with E-state index in [9.17, 15) is 14.9 Å². The van der Waals surface area contributed by atoms with Gasteiger partial charge in [-0.15, -0.1) is 0 Å². The molecule has 0 saturated heterocycles. The fourth-order valence-electron chi connectivity index (χ4n) is 1.92. The van der Waals surface area contributed by atoms with Gasteiger partial charge in [0.2, 0.25) is 5.91 Å². The highest BCUT2D eigenvalue weighted by Gasteiger charge is 2.16. The van der Waals surface area contributed by atoms with Gasteiger partial charge in [0.25, 0.3) is 5.69 Å². The van der Waals surface area contributed by atoms with Gasteiger partial charge in [0, 0.05) is 26.7 Å². The number of nitro groups is 1. The van der Waals surface area contributed by atoms with Crippen LogP contribution in [0.15, 0.2) is 18.2 Å². The topological polar surface area (TPSA) is 66.7 Å². The van der Waals surface area contributed by atoms with E-state index < -0.39 is 4.92 Å². The number of likely N-dealkylation sites (N-methyl/N-ethyl adjacent to an activating group) is 1. The highest BCUT2D eigenvalue weighted by Crippen LogP contribution is 2.25. The molecule has 0 saturated carbocycles. The Labute approximate surface area is 129 Å². The molecule has 0 aromatic heterocycles. The number of amides is 1. The third-order valence-electron chi connectivity index (χ3n) is 3.01. The summed E-state index contributed by atoms with van der Waals surface area (Å²) in [5.74, 6) is 0.00640. The molecule has 7 heteroatoms. The molecule has 0 heterocycles. The van der Waals surface area contributed by atoms with Crippen molar-refractivity contribution in [3.8, 4) is 0 Å². The zero-order chi connectivity index (χ0) is 16.0. The van der Waals surface area contributed by atoms with Crippen molar-refractivity contribution in [2.75, 3.05) is 27.2 Å². The van der Waals surface area contributed by atoms with E-state index in [0.717, 1.165) is 18.5 Å². The molecule has 0 atom stereocenters. The molecule has 1 rings (SSSR count). The summed E-state index contributed by atoms with van der Waals surface area (Å²) >= 11 is 5.80. The first kappa shape index (κ1) is 17.4. The summed E-state index contributed by atoms with van der Waals surface area (Å²) in [5.41, 5.74) is 0.663. The monoisotopic (exact) mass is 313 g/mol. The van der Waals surface area contributed by atoms with Crippen LogP contribution in [0.5, 0.6) is 0 Å². The second kappa shape index (κ2) is 7.95. The molecule has 0 aliphatic heterocycles. The summed E-state index contributed by atoms with van der Waals surface area (Å²) in [4.78, 5) is 25.7. The van der Waals surface area contributed by atoms with Crippen LogP contribution in [0.3, 0.4) is 0 Å².